The minimum Gasteiger partial charge on any atom is 0 e. The molecule has 0 saturated heterocycles. The fraction of sp³-hybridized carbons (Fsp3) is 0. The van der Waals surface area contributed by atoms with Gasteiger partial charge in [-0.15, -0.1) is 0 Å². The smallest absolute Gasteiger partial charge is 0 e. The van der Waals surface area contributed by atoms with Crippen molar-refractivity contribution in [2.45, 2.75) is 0 Å². The summed E-state index contributed by atoms with van der Waals surface area (Å²) >= 11 is 3.58. The maximum atomic E-state index is 4.08. The van der Waals surface area contributed by atoms with Crippen molar-refractivity contribution >= 4 is 27.2 Å². The van der Waals surface area contributed by atoms with Crippen LogP contribution >= 0.6 is 12.1 Å². The molecule has 0 aliphatic carbocycles. The van der Waals surface area contributed by atoms with E-state index in [0.717, 1.165) is 0 Å². The average molecular weight is 105 g/mol. The van der Waals surface area contributed by atoms with Crippen molar-refractivity contribution in [2.75, 3.05) is 0 Å². The van der Waals surface area contributed by atoms with Crippen molar-refractivity contribution in [3.05, 3.63) is 0 Å². The van der Waals surface area contributed by atoms with E-state index in [2.05, 4.69) is 18.8 Å². The Morgan fingerprint density at radius 1 is 1.25 bits per heavy atom. The van der Waals surface area contributed by atoms with E-state index in [9.17, 15) is 0 Å². The predicted molar refractivity (Wildman–Crippen MR) is 19.1 cm³/mol. The molecule has 5 radical (unpaired) electrons. The Kier molecular flexibility index (Phi) is 198. The van der Waals surface area contributed by atoms with Gasteiger partial charge in [0.2, 0.25) is 0 Å². The summed E-state index contributed by atoms with van der Waals surface area (Å²) in [5.74, 6) is 0. The van der Waals surface area contributed by atoms with Crippen molar-refractivity contribution in [1.29, 1.82) is 0 Å². The number of rotatable bonds is 0. The van der Waals surface area contributed by atoms with E-state index in [1.807, 2.05) is 0 Å². The molecule has 0 nitrogen and oxygen atoms in total. The topological polar surface area (TPSA) is 0 Å². The van der Waals surface area contributed by atoms with Crippen LogP contribution in [-0.2, 0) is 18.6 Å². The van der Waals surface area contributed by atoms with Crippen LogP contribution in [0.25, 0.3) is 0 Å². The Balaban J connectivity index is -0.00000000500. The van der Waals surface area contributed by atoms with E-state index in [0.29, 0.717) is 0 Å². The summed E-state index contributed by atoms with van der Waals surface area (Å²) in [6.45, 7) is 4.08. The van der Waals surface area contributed by atoms with Crippen LogP contribution in [0, 0.1) is 0 Å². The SMILES string of the molecule is [B].[B]=S.[V]. The molecule has 0 aromatic carbocycles. The molecule has 0 aromatic rings. The predicted octanol–water partition coefficient (Wildman–Crippen LogP) is -0.116. The third kappa shape index (κ3) is 12.6. The zero-order valence-corrected chi connectivity index (χ0v) is 4.22. The fourth-order valence-corrected chi connectivity index (χ4v) is 0. The van der Waals surface area contributed by atoms with Crippen molar-refractivity contribution in [3.8, 4) is 0 Å². The minimum absolute atomic E-state index is 0. The molecule has 0 saturated carbocycles. The summed E-state index contributed by atoms with van der Waals surface area (Å²) in [4.78, 5) is 0. The molecule has 17 valence electrons. The van der Waals surface area contributed by atoms with E-state index >= 15 is 0 Å². The summed E-state index contributed by atoms with van der Waals surface area (Å²) in [6, 6.07) is 0. The van der Waals surface area contributed by atoms with Gasteiger partial charge in [0.15, 0.2) is 0 Å². The first-order valence-corrected chi connectivity index (χ1v) is 0.707. The molecule has 0 bridgehead atoms. The Hall–Kier alpha value is 0.934. The first-order valence-electron chi connectivity index (χ1n) is 0.236. The molecular weight excluding hydrogens is 105 g/mol. The van der Waals surface area contributed by atoms with Gasteiger partial charge in [0.05, 0.1) is 0 Å². The van der Waals surface area contributed by atoms with E-state index in [1.165, 1.54) is 0 Å². The summed E-state index contributed by atoms with van der Waals surface area (Å²) in [6.07, 6.45) is 0. The molecule has 0 aliphatic heterocycles. The van der Waals surface area contributed by atoms with Crippen LogP contribution in [0.2, 0.25) is 0 Å². The first-order chi connectivity index (χ1) is 1.00. The molecule has 0 aromatic heterocycles. The minimum atomic E-state index is 0. The quantitative estimate of drug-likeness (QED) is 0.387. The monoisotopic (exact) mass is 105 g/mol. The van der Waals surface area contributed by atoms with Gasteiger partial charge in [-0.3, -0.25) is 0 Å². The average Bonchev–Trinajstić information content (AvgIpc) is 1.00. The van der Waals surface area contributed by atoms with Crippen LogP contribution in [-0.4, -0.2) is 15.1 Å². The van der Waals surface area contributed by atoms with E-state index in [4.69, 9.17) is 0 Å². The van der Waals surface area contributed by atoms with E-state index in [-0.39, 0.29) is 27.0 Å². The van der Waals surface area contributed by atoms with E-state index in [1.54, 1.807) is 0 Å². The summed E-state index contributed by atoms with van der Waals surface area (Å²) in [7, 11) is 0. The van der Waals surface area contributed by atoms with Crippen molar-refractivity contribution in [3.63, 3.8) is 0 Å². The van der Waals surface area contributed by atoms with E-state index < -0.39 is 0 Å². The Labute approximate surface area is 46.1 Å². The van der Waals surface area contributed by atoms with Crippen molar-refractivity contribution in [2.24, 2.45) is 0 Å². The molecule has 0 spiro atoms. The Morgan fingerprint density at radius 2 is 1.25 bits per heavy atom. The zero-order chi connectivity index (χ0) is 2.00. The van der Waals surface area contributed by atoms with Crippen LogP contribution in [0.4, 0.5) is 0 Å². The van der Waals surface area contributed by atoms with Gasteiger partial charge >= 0.3 is 18.8 Å². The molecule has 0 rings (SSSR count). The molecule has 4 heteroatoms. The maximum absolute atomic E-state index is 4.08. The summed E-state index contributed by atoms with van der Waals surface area (Å²) in [5, 5.41) is 0. The second-order valence-electron chi connectivity index (χ2n) is 0. The van der Waals surface area contributed by atoms with Crippen molar-refractivity contribution in [1.82, 2.24) is 0 Å². The molecule has 4 heavy (non-hydrogen) atoms. The first kappa shape index (κ1) is 20.4. The van der Waals surface area contributed by atoms with Gasteiger partial charge in [-0.05, 0) is 0 Å². The van der Waals surface area contributed by atoms with Crippen LogP contribution in [0.1, 0.15) is 0 Å². The second kappa shape index (κ2) is 38.8. The second-order valence-corrected chi connectivity index (χ2v) is 0. The standard InChI is InChI=1S/BS.B.V/c1-2;;. The molecule has 0 heterocycles. The van der Waals surface area contributed by atoms with Gasteiger partial charge in [0.25, 0.3) is 0 Å². The normalized spacial score (nSPS) is 0.750. The fourth-order valence-electron chi connectivity index (χ4n) is 0. The summed E-state index contributed by atoms with van der Waals surface area (Å²) < 4.78 is 0. The molecule has 0 atom stereocenters. The molecule has 0 fully saturated rings. The molecule has 0 N–H and O–H groups in total. The largest absolute Gasteiger partial charge is 0 e. The Bertz CT molecular complexity index is 6.00. The van der Waals surface area contributed by atoms with Gasteiger partial charge in [0.1, 0.15) is 0 Å². The van der Waals surface area contributed by atoms with Crippen LogP contribution in [0.3, 0.4) is 0 Å². The number of hydrogen-bond donors (Lipinski definition) is 0. The van der Waals surface area contributed by atoms with Gasteiger partial charge in [-0.2, -0.15) is 0 Å². The van der Waals surface area contributed by atoms with Gasteiger partial charge in [-0.1, -0.05) is 0 Å². The Morgan fingerprint density at radius 3 is 1.25 bits per heavy atom. The molecule has 0 unspecified atom stereocenters. The maximum Gasteiger partial charge on any atom is 0 e. The zero-order valence-electron chi connectivity index (χ0n) is 2.01. The summed E-state index contributed by atoms with van der Waals surface area (Å²) in [5.41, 5.74) is 0. The van der Waals surface area contributed by atoms with Crippen molar-refractivity contribution < 1.29 is 18.6 Å². The van der Waals surface area contributed by atoms with Crippen LogP contribution in [0.5, 0.6) is 0 Å². The van der Waals surface area contributed by atoms with Gasteiger partial charge in [0, 0.05) is 27.0 Å². The van der Waals surface area contributed by atoms with Crippen LogP contribution < -0.4 is 0 Å². The third-order valence-electron chi connectivity index (χ3n) is 0. The van der Waals surface area contributed by atoms with Gasteiger partial charge in [-0.25, -0.2) is 0 Å². The van der Waals surface area contributed by atoms with Gasteiger partial charge < -0.3 is 0 Å². The number of hydrogen-bond acceptors (Lipinski definition) is 1. The molecule has 0 aliphatic rings. The third-order valence-corrected chi connectivity index (χ3v) is 0. The molecular formula is B2SV. The molecule has 0 amide bonds. The van der Waals surface area contributed by atoms with Crippen LogP contribution in [0.15, 0.2) is 0 Å².